The summed E-state index contributed by atoms with van der Waals surface area (Å²) in [6.07, 6.45) is 0. The number of nitrogens with zero attached hydrogens (tertiary/aromatic N) is 3. The molecule has 7 aromatic rings. The van der Waals surface area contributed by atoms with E-state index in [0.29, 0.717) is 26.4 Å². The molecule has 0 bridgehead atoms. The van der Waals surface area contributed by atoms with E-state index in [2.05, 4.69) is 4.98 Å². The zero-order valence-electron chi connectivity index (χ0n) is 22.9. The number of amides is 1. The van der Waals surface area contributed by atoms with Gasteiger partial charge in [-0.15, -0.1) is 22.7 Å². The molecule has 0 saturated carbocycles. The second kappa shape index (κ2) is 10.4. The van der Waals surface area contributed by atoms with Gasteiger partial charge in [-0.25, -0.2) is 18.4 Å². The average Bonchev–Trinajstić information content (AvgIpc) is 3.63. The Morgan fingerprint density at radius 1 is 0.767 bits per heavy atom. The van der Waals surface area contributed by atoms with Crippen molar-refractivity contribution in [2.24, 2.45) is 0 Å². The number of hydrogen-bond donors (Lipinski definition) is 0. The number of aromatic nitrogens is 2. The lowest BCUT2D eigenvalue weighted by atomic mass is 10.1. The van der Waals surface area contributed by atoms with Gasteiger partial charge in [-0.05, 0) is 83.9 Å². The fourth-order valence-corrected chi connectivity index (χ4v) is 8.43. The topological polar surface area (TPSA) is 103 Å². The zero-order valence-corrected chi connectivity index (χ0v) is 25.4. The molecule has 0 atom stereocenters. The maximum absolute atomic E-state index is 13.2. The third-order valence-corrected chi connectivity index (χ3v) is 10.8. The van der Waals surface area contributed by atoms with Crippen LogP contribution in [0.3, 0.4) is 0 Å². The van der Waals surface area contributed by atoms with Gasteiger partial charge >= 0.3 is 0 Å². The number of benzene rings is 5. The molecule has 5 aromatic carbocycles. The number of thiazole rings is 2. The average molecular weight is 621 g/mol. The summed E-state index contributed by atoms with van der Waals surface area (Å²) < 4.78 is 37.1. The van der Waals surface area contributed by atoms with Crippen molar-refractivity contribution in [3.05, 3.63) is 108 Å². The van der Waals surface area contributed by atoms with E-state index in [0.717, 1.165) is 42.8 Å². The van der Waals surface area contributed by atoms with Crippen molar-refractivity contribution in [3.8, 4) is 21.1 Å². The van der Waals surface area contributed by atoms with Crippen LogP contribution in [-0.4, -0.2) is 35.9 Å². The van der Waals surface area contributed by atoms with Crippen LogP contribution in [0.2, 0.25) is 0 Å². The molecule has 0 aliphatic heterocycles. The molecule has 43 heavy (non-hydrogen) atoms. The first-order valence-corrected chi connectivity index (χ1v) is 16.3. The highest BCUT2D eigenvalue weighted by Crippen LogP contribution is 2.38. The van der Waals surface area contributed by atoms with E-state index in [1.54, 1.807) is 31.0 Å². The first-order chi connectivity index (χ1) is 20.7. The van der Waals surface area contributed by atoms with Crippen molar-refractivity contribution in [3.63, 3.8) is 0 Å². The summed E-state index contributed by atoms with van der Waals surface area (Å²) >= 11 is 2.73. The van der Waals surface area contributed by atoms with Gasteiger partial charge in [-0.1, -0.05) is 36.4 Å². The Morgan fingerprint density at radius 3 is 2.21 bits per heavy atom. The van der Waals surface area contributed by atoms with Crippen molar-refractivity contribution < 1.29 is 17.8 Å². The van der Waals surface area contributed by atoms with Crippen molar-refractivity contribution in [2.75, 3.05) is 11.9 Å². The Bertz CT molecular complexity index is 2320. The molecular formula is C33H22N3O4S3-. The molecule has 0 aliphatic rings. The minimum absolute atomic E-state index is 0.0870. The van der Waals surface area contributed by atoms with E-state index in [1.165, 1.54) is 22.7 Å². The van der Waals surface area contributed by atoms with Crippen molar-refractivity contribution in [2.45, 2.75) is 11.8 Å². The van der Waals surface area contributed by atoms with Gasteiger partial charge in [-0.3, -0.25) is 4.79 Å². The predicted octanol–water partition coefficient (Wildman–Crippen LogP) is 7.88. The van der Waals surface area contributed by atoms with Crippen LogP contribution in [0.5, 0.6) is 0 Å². The maximum Gasteiger partial charge on any atom is 0.258 e. The molecule has 2 aromatic heterocycles. The number of carbonyl (C=O) groups is 1. The minimum atomic E-state index is -4.64. The van der Waals surface area contributed by atoms with Gasteiger partial charge in [-0.2, -0.15) is 0 Å². The van der Waals surface area contributed by atoms with Crippen LogP contribution in [-0.2, 0) is 10.1 Å². The van der Waals surface area contributed by atoms with E-state index < -0.39 is 10.1 Å². The smallest absolute Gasteiger partial charge is 0.258 e. The zero-order chi connectivity index (χ0) is 29.9. The fourth-order valence-electron chi connectivity index (χ4n) is 5.14. The van der Waals surface area contributed by atoms with Crippen LogP contribution in [0.1, 0.15) is 15.9 Å². The van der Waals surface area contributed by atoms with Gasteiger partial charge in [0.1, 0.15) is 20.1 Å². The quantitative estimate of drug-likeness (QED) is 0.181. The van der Waals surface area contributed by atoms with Crippen LogP contribution in [0, 0.1) is 6.92 Å². The highest BCUT2D eigenvalue weighted by atomic mass is 32.2. The normalized spacial score (nSPS) is 11.9. The lowest BCUT2D eigenvalue weighted by Crippen LogP contribution is -2.26. The SMILES string of the molecule is Cc1ccc2nc(-c3ccc4nc(-c5ccc(N(C)C(=O)c6ccc7ccccc7c6)cc5)sc4c3)sc2c1S(=O)(=O)[O-]. The van der Waals surface area contributed by atoms with Crippen LogP contribution < -0.4 is 4.90 Å². The standard InChI is InChI=1S/C33H23N3O4S3/c1-19-7-15-27-29(30(19)43(38,39)40)42-32(35-27)23-12-16-26-28(18-23)41-31(34-26)21-10-13-25(14-11-21)36(2)33(37)24-9-8-20-5-3-4-6-22(20)17-24/h3-18H,1-2H3,(H,38,39,40)/p-1. The maximum atomic E-state index is 13.2. The summed E-state index contributed by atoms with van der Waals surface area (Å²) in [5.41, 5.74) is 4.87. The van der Waals surface area contributed by atoms with Crippen LogP contribution in [0.25, 0.3) is 52.3 Å². The molecular weight excluding hydrogens is 599 g/mol. The minimum Gasteiger partial charge on any atom is -0.744 e. The molecule has 1 amide bonds. The monoisotopic (exact) mass is 620 g/mol. The summed E-state index contributed by atoms with van der Waals surface area (Å²) in [6.45, 7) is 1.61. The lowest BCUT2D eigenvalue weighted by molar-refractivity contribution is 0.0993. The Morgan fingerprint density at radius 2 is 1.44 bits per heavy atom. The molecule has 212 valence electrons. The van der Waals surface area contributed by atoms with E-state index >= 15 is 0 Å². The number of hydrogen-bond acceptors (Lipinski definition) is 8. The highest BCUT2D eigenvalue weighted by molar-refractivity contribution is 7.86. The van der Waals surface area contributed by atoms with Crippen LogP contribution in [0.4, 0.5) is 5.69 Å². The summed E-state index contributed by atoms with van der Waals surface area (Å²) in [4.78, 5) is 24.1. The Hall–Kier alpha value is -4.48. The van der Waals surface area contributed by atoms with Gasteiger partial charge < -0.3 is 9.45 Å². The molecule has 0 fully saturated rings. The van der Waals surface area contributed by atoms with E-state index in [9.17, 15) is 17.8 Å². The molecule has 0 saturated heterocycles. The second-order valence-corrected chi connectivity index (χ2v) is 13.6. The molecule has 0 unspecified atom stereocenters. The first-order valence-electron chi connectivity index (χ1n) is 13.3. The van der Waals surface area contributed by atoms with Gasteiger partial charge in [0.05, 0.1) is 25.3 Å². The van der Waals surface area contributed by atoms with Crippen molar-refractivity contribution >= 4 is 75.6 Å². The number of aryl methyl sites for hydroxylation is 1. The van der Waals surface area contributed by atoms with Gasteiger partial charge in [0.2, 0.25) is 0 Å². The molecule has 0 aliphatic carbocycles. The Labute approximate surface area is 255 Å². The summed E-state index contributed by atoms with van der Waals surface area (Å²) in [7, 11) is -2.87. The third-order valence-electron chi connectivity index (χ3n) is 7.40. The summed E-state index contributed by atoms with van der Waals surface area (Å²) in [6, 6.07) is 30.6. The number of carbonyl (C=O) groups excluding carboxylic acids is 1. The number of anilines is 1. The lowest BCUT2D eigenvalue weighted by Gasteiger charge is -2.18. The molecule has 0 N–H and O–H groups in total. The van der Waals surface area contributed by atoms with Gasteiger partial charge in [0.15, 0.2) is 0 Å². The highest BCUT2D eigenvalue weighted by Gasteiger charge is 2.18. The second-order valence-electron chi connectivity index (χ2n) is 10.2. The summed E-state index contributed by atoms with van der Waals surface area (Å²) in [5.74, 6) is -0.0870. The van der Waals surface area contributed by atoms with Crippen LogP contribution in [0.15, 0.2) is 102 Å². The molecule has 0 radical (unpaired) electrons. The van der Waals surface area contributed by atoms with Gasteiger partial charge in [0.25, 0.3) is 5.91 Å². The van der Waals surface area contributed by atoms with Crippen LogP contribution >= 0.6 is 22.7 Å². The fraction of sp³-hybridized carbons (Fsp3) is 0.0606. The van der Waals surface area contributed by atoms with Crippen molar-refractivity contribution in [1.82, 2.24) is 9.97 Å². The van der Waals surface area contributed by atoms with E-state index in [1.807, 2.05) is 84.9 Å². The summed E-state index contributed by atoms with van der Waals surface area (Å²) in [5, 5.41) is 3.58. The molecule has 2 heterocycles. The number of fused-ring (bicyclic) bond motifs is 3. The molecule has 7 rings (SSSR count). The third kappa shape index (κ3) is 4.98. The van der Waals surface area contributed by atoms with E-state index in [-0.39, 0.29) is 10.8 Å². The number of rotatable bonds is 5. The predicted molar refractivity (Wildman–Crippen MR) is 173 cm³/mol. The molecule has 0 spiro atoms. The molecule has 10 heteroatoms. The van der Waals surface area contributed by atoms with Gasteiger partial charge in [0, 0.05) is 29.4 Å². The van der Waals surface area contributed by atoms with Crippen molar-refractivity contribution in [1.29, 1.82) is 0 Å². The molecule has 7 nitrogen and oxygen atoms in total. The Kier molecular flexibility index (Phi) is 6.59. The first kappa shape index (κ1) is 27.4. The van der Waals surface area contributed by atoms with E-state index in [4.69, 9.17) is 4.98 Å². The Balaban J connectivity index is 1.16. The largest absolute Gasteiger partial charge is 0.744 e.